The van der Waals surface area contributed by atoms with Gasteiger partial charge in [-0.25, -0.2) is 4.39 Å². The number of rotatable bonds is 2. The van der Waals surface area contributed by atoms with E-state index >= 15 is 0 Å². The van der Waals surface area contributed by atoms with Crippen LogP contribution in [0.3, 0.4) is 0 Å². The summed E-state index contributed by atoms with van der Waals surface area (Å²) in [5.74, 6) is -0.602. The topological polar surface area (TPSA) is 44.9 Å². The van der Waals surface area contributed by atoms with Crippen LogP contribution in [0.5, 0.6) is 0 Å². The lowest BCUT2D eigenvalue weighted by molar-refractivity contribution is 0.102. The van der Waals surface area contributed by atoms with Crippen molar-refractivity contribution in [3.05, 3.63) is 65.6 Å². The van der Waals surface area contributed by atoms with E-state index in [1.165, 1.54) is 6.07 Å². The molecule has 3 aromatic rings. The maximum Gasteiger partial charge on any atom is 0.258 e. The molecule has 0 saturated carbocycles. The number of carbonyl (C=O) groups is 1. The fourth-order valence-corrected chi connectivity index (χ4v) is 2.32. The Hall–Kier alpha value is -2.62. The Bertz CT molecular complexity index is 778. The third kappa shape index (κ3) is 2.05. The van der Waals surface area contributed by atoms with Gasteiger partial charge in [0.2, 0.25) is 0 Å². The van der Waals surface area contributed by atoms with Crippen molar-refractivity contribution in [2.24, 2.45) is 0 Å². The van der Waals surface area contributed by atoms with Crippen LogP contribution in [0.15, 0.2) is 48.5 Å². The lowest BCUT2D eigenvalue weighted by Gasteiger charge is -2.05. The van der Waals surface area contributed by atoms with Crippen LogP contribution in [0.25, 0.3) is 10.9 Å². The van der Waals surface area contributed by atoms with E-state index in [1.807, 2.05) is 30.3 Å². The Labute approximate surface area is 115 Å². The van der Waals surface area contributed by atoms with E-state index in [9.17, 15) is 9.18 Å². The molecule has 2 aromatic carbocycles. The lowest BCUT2D eigenvalue weighted by Crippen LogP contribution is -2.12. The van der Waals surface area contributed by atoms with E-state index in [-0.39, 0.29) is 11.7 Å². The zero-order valence-corrected chi connectivity index (χ0v) is 10.9. The number of halogens is 1. The first kappa shape index (κ1) is 12.4. The first-order valence-corrected chi connectivity index (χ1v) is 6.30. The Morgan fingerprint density at radius 2 is 1.85 bits per heavy atom. The van der Waals surface area contributed by atoms with Crippen LogP contribution in [0.1, 0.15) is 16.1 Å². The van der Waals surface area contributed by atoms with Crippen molar-refractivity contribution in [1.29, 1.82) is 0 Å². The van der Waals surface area contributed by atoms with Gasteiger partial charge in [-0.2, -0.15) is 0 Å². The van der Waals surface area contributed by atoms with Crippen molar-refractivity contribution in [1.82, 2.24) is 4.98 Å². The molecular weight excluding hydrogens is 255 g/mol. The Balaban J connectivity index is 2.04. The maximum atomic E-state index is 13.7. The SMILES string of the molecule is Cc1[nH]c2c(F)cccc2c1C(=O)Nc1ccccc1. The number of hydrogen-bond donors (Lipinski definition) is 2. The van der Waals surface area contributed by atoms with Crippen molar-refractivity contribution >= 4 is 22.5 Å². The molecule has 100 valence electrons. The van der Waals surface area contributed by atoms with Crippen molar-refractivity contribution in [3.63, 3.8) is 0 Å². The molecule has 2 N–H and O–H groups in total. The number of para-hydroxylation sites is 2. The molecule has 0 saturated heterocycles. The van der Waals surface area contributed by atoms with Crippen molar-refractivity contribution in [3.8, 4) is 0 Å². The predicted octanol–water partition coefficient (Wildman–Crippen LogP) is 3.87. The third-order valence-electron chi connectivity index (χ3n) is 3.23. The normalized spacial score (nSPS) is 10.7. The highest BCUT2D eigenvalue weighted by atomic mass is 19.1. The van der Waals surface area contributed by atoms with Gasteiger partial charge in [0, 0.05) is 16.8 Å². The van der Waals surface area contributed by atoms with Gasteiger partial charge in [0.15, 0.2) is 0 Å². The number of aryl methyl sites for hydroxylation is 1. The molecule has 1 heterocycles. The summed E-state index contributed by atoms with van der Waals surface area (Å²) in [6.45, 7) is 1.76. The number of aromatic nitrogens is 1. The van der Waals surface area contributed by atoms with Gasteiger partial charge in [0.05, 0.1) is 11.1 Å². The van der Waals surface area contributed by atoms with E-state index in [1.54, 1.807) is 19.1 Å². The fraction of sp³-hybridized carbons (Fsp3) is 0.0625. The highest BCUT2D eigenvalue weighted by Gasteiger charge is 2.17. The molecule has 20 heavy (non-hydrogen) atoms. The van der Waals surface area contributed by atoms with E-state index in [0.29, 0.717) is 27.8 Å². The van der Waals surface area contributed by atoms with Gasteiger partial charge in [-0.1, -0.05) is 30.3 Å². The minimum Gasteiger partial charge on any atom is -0.356 e. The summed E-state index contributed by atoms with van der Waals surface area (Å²) in [4.78, 5) is 15.3. The molecule has 0 aliphatic heterocycles. The van der Waals surface area contributed by atoms with E-state index in [0.717, 1.165) is 0 Å². The van der Waals surface area contributed by atoms with E-state index in [2.05, 4.69) is 10.3 Å². The zero-order valence-electron chi connectivity index (χ0n) is 10.9. The molecule has 0 spiro atoms. The maximum absolute atomic E-state index is 13.7. The van der Waals surface area contributed by atoms with Gasteiger partial charge in [-0.05, 0) is 25.1 Å². The minimum absolute atomic E-state index is 0.245. The van der Waals surface area contributed by atoms with Crippen molar-refractivity contribution in [2.45, 2.75) is 6.92 Å². The summed E-state index contributed by atoms with van der Waals surface area (Å²) < 4.78 is 13.7. The summed E-state index contributed by atoms with van der Waals surface area (Å²) in [6.07, 6.45) is 0. The highest BCUT2D eigenvalue weighted by Crippen LogP contribution is 2.25. The van der Waals surface area contributed by atoms with Gasteiger partial charge < -0.3 is 10.3 Å². The number of amides is 1. The number of aromatic amines is 1. The molecule has 3 rings (SSSR count). The fourth-order valence-electron chi connectivity index (χ4n) is 2.32. The van der Waals surface area contributed by atoms with Crippen LogP contribution >= 0.6 is 0 Å². The number of carbonyl (C=O) groups excluding carboxylic acids is 1. The predicted molar refractivity (Wildman–Crippen MR) is 77.4 cm³/mol. The third-order valence-corrected chi connectivity index (χ3v) is 3.23. The molecule has 1 amide bonds. The average Bonchev–Trinajstić information content (AvgIpc) is 2.78. The Morgan fingerprint density at radius 3 is 2.60 bits per heavy atom. The van der Waals surface area contributed by atoms with Gasteiger partial charge in [0.25, 0.3) is 5.91 Å². The molecule has 1 aromatic heterocycles. The standard InChI is InChI=1S/C16H13FN2O/c1-10-14(12-8-5-9-13(17)15(12)18-10)16(20)19-11-6-3-2-4-7-11/h2-9,18H,1H3,(H,19,20). The molecule has 0 aliphatic rings. The minimum atomic E-state index is -0.357. The van der Waals surface area contributed by atoms with Crippen LogP contribution in [0, 0.1) is 12.7 Å². The summed E-state index contributed by atoms with van der Waals surface area (Å²) >= 11 is 0. The quantitative estimate of drug-likeness (QED) is 0.728. The van der Waals surface area contributed by atoms with Gasteiger partial charge in [-0.15, -0.1) is 0 Å². The monoisotopic (exact) mass is 268 g/mol. The van der Waals surface area contributed by atoms with Crippen LogP contribution < -0.4 is 5.32 Å². The molecule has 0 bridgehead atoms. The zero-order chi connectivity index (χ0) is 14.1. The van der Waals surface area contributed by atoms with Gasteiger partial charge in [-0.3, -0.25) is 4.79 Å². The largest absolute Gasteiger partial charge is 0.356 e. The molecule has 0 aliphatic carbocycles. The molecule has 0 radical (unpaired) electrons. The second kappa shape index (κ2) is 4.81. The molecule has 3 nitrogen and oxygen atoms in total. The van der Waals surface area contributed by atoms with Crippen molar-refractivity contribution < 1.29 is 9.18 Å². The number of H-pyrrole nitrogens is 1. The summed E-state index contributed by atoms with van der Waals surface area (Å²) in [5, 5.41) is 3.41. The number of hydrogen-bond acceptors (Lipinski definition) is 1. The molecule has 0 unspecified atom stereocenters. The first-order valence-electron chi connectivity index (χ1n) is 6.30. The number of anilines is 1. The van der Waals surface area contributed by atoms with Gasteiger partial charge >= 0.3 is 0 Å². The first-order chi connectivity index (χ1) is 9.66. The number of fused-ring (bicyclic) bond motifs is 1. The molecular formula is C16H13FN2O. The Kier molecular flexibility index (Phi) is 2.99. The summed E-state index contributed by atoms with van der Waals surface area (Å²) in [7, 11) is 0. The van der Waals surface area contributed by atoms with Gasteiger partial charge in [0.1, 0.15) is 5.82 Å². The second-order valence-electron chi connectivity index (χ2n) is 4.61. The van der Waals surface area contributed by atoms with Crippen LogP contribution in [0.4, 0.5) is 10.1 Å². The average molecular weight is 268 g/mol. The molecule has 0 atom stereocenters. The molecule has 0 fully saturated rings. The summed E-state index contributed by atoms with van der Waals surface area (Å²) in [5.41, 5.74) is 2.20. The van der Waals surface area contributed by atoms with Crippen molar-refractivity contribution in [2.75, 3.05) is 5.32 Å². The van der Waals surface area contributed by atoms with E-state index in [4.69, 9.17) is 0 Å². The Morgan fingerprint density at radius 1 is 1.10 bits per heavy atom. The second-order valence-corrected chi connectivity index (χ2v) is 4.61. The number of nitrogens with one attached hydrogen (secondary N) is 2. The summed E-state index contributed by atoms with van der Waals surface area (Å²) in [6, 6.07) is 13.9. The number of benzene rings is 2. The van der Waals surface area contributed by atoms with Crippen LogP contribution in [0.2, 0.25) is 0 Å². The van der Waals surface area contributed by atoms with E-state index < -0.39 is 0 Å². The molecule has 4 heteroatoms. The smallest absolute Gasteiger partial charge is 0.258 e. The van der Waals surface area contributed by atoms with Crippen LogP contribution in [-0.4, -0.2) is 10.9 Å². The lowest BCUT2D eigenvalue weighted by atomic mass is 10.1. The van der Waals surface area contributed by atoms with Crippen LogP contribution in [-0.2, 0) is 0 Å². The highest BCUT2D eigenvalue weighted by molar-refractivity contribution is 6.13.